The summed E-state index contributed by atoms with van der Waals surface area (Å²) in [6.45, 7) is 4.58. The second-order valence-electron chi connectivity index (χ2n) is 6.36. The zero-order valence-corrected chi connectivity index (χ0v) is 13.5. The van der Waals surface area contributed by atoms with Crippen molar-refractivity contribution in [2.24, 2.45) is 0 Å². The molecule has 2 heteroatoms. The summed E-state index contributed by atoms with van der Waals surface area (Å²) in [5.41, 5.74) is 11.2. The van der Waals surface area contributed by atoms with Gasteiger partial charge in [-0.2, -0.15) is 0 Å². The molecule has 0 heterocycles. The van der Waals surface area contributed by atoms with Gasteiger partial charge < -0.3 is 5.73 Å². The van der Waals surface area contributed by atoms with Crippen molar-refractivity contribution in [3.8, 4) is 0 Å². The first-order chi connectivity index (χ1) is 10.8. The Morgan fingerprint density at radius 3 is 2.36 bits per heavy atom. The van der Waals surface area contributed by atoms with E-state index in [4.69, 9.17) is 5.73 Å². The number of nitrogen functional groups attached to an aromatic ring is 1. The van der Waals surface area contributed by atoms with Gasteiger partial charge in [-0.25, -0.2) is 0 Å². The molecule has 2 aromatic carbocycles. The summed E-state index contributed by atoms with van der Waals surface area (Å²) < 4.78 is 0. The number of nitrogens with zero attached hydrogens (tertiary/aromatic N) is 1. The Labute approximate surface area is 134 Å². The molecule has 1 aliphatic carbocycles. The lowest BCUT2D eigenvalue weighted by Crippen LogP contribution is -2.38. The summed E-state index contributed by atoms with van der Waals surface area (Å²) in [6.07, 6.45) is 4.70. The predicted octanol–water partition coefficient (Wildman–Crippen LogP) is 3.69. The van der Waals surface area contributed by atoms with Gasteiger partial charge in [0.2, 0.25) is 0 Å². The molecule has 0 saturated carbocycles. The number of benzene rings is 2. The molecule has 0 aliphatic heterocycles. The number of hydrogen-bond donors (Lipinski definition) is 1. The highest BCUT2D eigenvalue weighted by molar-refractivity contribution is 5.40. The molecule has 3 rings (SSSR count). The van der Waals surface area contributed by atoms with E-state index in [1.165, 1.54) is 42.5 Å². The highest BCUT2D eigenvalue weighted by Crippen LogP contribution is 2.25. The van der Waals surface area contributed by atoms with E-state index >= 15 is 0 Å². The second-order valence-corrected chi connectivity index (χ2v) is 6.36. The smallest absolute Gasteiger partial charge is 0.0316 e. The van der Waals surface area contributed by atoms with Crippen LogP contribution in [0, 0.1) is 0 Å². The molecule has 0 radical (unpaired) electrons. The predicted molar refractivity (Wildman–Crippen MR) is 94.1 cm³/mol. The molecule has 0 amide bonds. The third-order valence-corrected chi connectivity index (χ3v) is 4.70. The van der Waals surface area contributed by atoms with Crippen LogP contribution in [0.2, 0.25) is 0 Å². The van der Waals surface area contributed by atoms with Crippen LogP contribution in [0.3, 0.4) is 0 Å². The van der Waals surface area contributed by atoms with Gasteiger partial charge in [0.25, 0.3) is 0 Å². The molecule has 0 bridgehead atoms. The largest absolute Gasteiger partial charge is 0.399 e. The molecular weight excluding hydrogens is 268 g/mol. The Bertz CT molecular complexity index is 596. The average Bonchev–Trinajstić information content (AvgIpc) is 2.95. The van der Waals surface area contributed by atoms with Crippen molar-refractivity contribution in [1.82, 2.24) is 4.90 Å². The van der Waals surface area contributed by atoms with Gasteiger partial charge in [-0.1, -0.05) is 43.3 Å². The zero-order chi connectivity index (χ0) is 15.4. The van der Waals surface area contributed by atoms with E-state index in [1.54, 1.807) is 0 Å². The lowest BCUT2D eigenvalue weighted by atomic mass is 10.1. The van der Waals surface area contributed by atoms with Crippen LogP contribution in [0.5, 0.6) is 0 Å². The van der Waals surface area contributed by atoms with Crippen LogP contribution in [0.15, 0.2) is 48.5 Å². The normalized spacial score (nSPS) is 14.5. The van der Waals surface area contributed by atoms with Crippen molar-refractivity contribution >= 4 is 5.69 Å². The molecule has 0 spiro atoms. The summed E-state index contributed by atoms with van der Waals surface area (Å²) >= 11 is 0. The number of fused-ring (bicyclic) bond motifs is 1. The summed E-state index contributed by atoms with van der Waals surface area (Å²) in [5, 5.41) is 0. The Balaban J connectivity index is 1.64. The maximum absolute atomic E-state index is 5.89. The third-order valence-electron chi connectivity index (χ3n) is 4.70. The number of rotatable bonds is 6. The maximum atomic E-state index is 5.89. The van der Waals surface area contributed by atoms with Gasteiger partial charge in [0, 0.05) is 18.3 Å². The fourth-order valence-corrected chi connectivity index (χ4v) is 3.58. The van der Waals surface area contributed by atoms with Gasteiger partial charge in [-0.15, -0.1) is 0 Å². The minimum atomic E-state index is 0.665. The third kappa shape index (κ3) is 3.50. The second kappa shape index (κ2) is 6.97. The van der Waals surface area contributed by atoms with Crippen LogP contribution < -0.4 is 5.73 Å². The number of hydrogen-bond acceptors (Lipinski definition) is 2. The van der Waals surface area contributed by atoms with Crippen LogP contribution in [0.1, 0.15) is 30.0 Å². The monoisotopic (exact) mass is 294 g/mol. The molecule has 0 fully saturated rings. The SMILES string of the molecule is CCCN(CCc1cccc(N)c1)C1Cc2ccccc2C1. The van der Waals surface area contributed by atoms with Gasteiger partial charge in [0.1, 0.15) is 0 Å². The Kier molecular flexibility index (Phi) is 4.79. The maximum Gasteiger partial charge on any atom is 0.0316 e. The van der Waals surface area contributed by atoms with Crippen molar-refractivity contribution in [3.63, 3.8) is 0 Å². The summed E-state index contributed by atoms with van der Waals surface area (Å²) in [4.78, 5) is 2.67. The molecule has 0 aromatic heterocycles. The van der Waals surface area contributed by atoms with Crippen LogP contribution >= 0.6 is 0 Å². The molecule has 1 aliphatic rings. The van der Waals surface area contributed by atoms with Crippen molar-refractivity contribution < 1.29 is 0 Å². The average molecular weight is 294 g/mol. The number of anilines is 1. The minimum absolute atomic E-state index is 0.665. The first kappa shape index (κ1) is 15.1. The molecule has 22 heavy (non-hydrogen) atoms. The number of nitrogens with two attached hydrogens (primary N) is 1. The molecule has 2 aromatic rings. The van der Waals surface area contributed by atoms with Gasteiger partial charge in [0.05, 0.1) is 0 Å². The summed E-state index contributed by atoms with van der Waals surface area (Å²) in [6, 6.07) is 17.9. The lowest BCUT2D eigenvalue weighted by molar-refractivity contribution is 0.204. The lowest BCUT2D eigenvalue weighted by Gasteiger charge is -2.28. The zero-order valence-electron chi connectivity index (χ0n) is 13.5. The van der Waals surface area contributed by atoms with E-state index in [0.29, 0.717) is 6.04 Å². The highest BCUT2D eigenvalue weighted by Gasteiger charge is 2.25. The van der Waals surface area contributed by atoms with Crippen molar-refractivity contribution in [1.29, 1.82) is 0 Å². The van der Waals surface area contributed by atoms with Crippen LogP contribution in [-0.4, -0.2) is 24.0 Å². The van der Waals surface area contributed by atoms with E-state index < -0.39 is 0 Å². The quantitative estimate of drug-likeness (QED) is 0.823. The molecule has 0 saturated heterocycles. The van der Waals surface area contributed by atoms with Gasteiger partial charge in [0.15, 0.2) is 0 Å². The standard InChI is InChI=1S/C20H26N2/c1-2-11-22(12-10-16-6-5-9-19(21)13-16)20-14-17-7-3-4-8-18(17)15-20/h3-9,13,20H,2,10-12,14-15,21H2,1H3. The van der Waals surface area contributed by atoms with E-state index in [0.717, 1.165) is 18.7 Å². The fourth-order valence-electron chi connectivity index (χ4n) is 3.58. The molecule has 0 atom stereocenters. The highest BCUT2D eigenvalue weighted by atomic mass is 15.2. The van der Waals surface area contributed by atoms with Gasteiger partial charge >= 0.3 is 0 Å². The van der Waals surface area contributed by atoms with Crippen molar-refractivity contribution in [2.75, 3.05) is 18.8 Å². The van der Waals surface area contributed by atoms with Crippen LogP contribution in [0.25, 0.3) is 0 Å². The van der Waals surface area contributed by atoms with Crippen LogP contribution in [-0.2, 0) is 19.3 Å². The first-order valence-electron chi connectivity index (χ1n) is 8.41. The Hall–Kier alpha value is -1.80. The summed E-state index contributed by atoms with van der Waals surface area (Å²) in [5.74, 6) is 0. The van der Waals surface area contributed by atoms with E-state index in [9.17, 15) is 0 Å². The van der Waals surface area contributed by atoms with Crippen LogP contribution in [0.4, 0.5) is 5.69 Å². The van der Waals surface area contributed by atoms with Gasteiger partial charge in [-0.05, 0) is 61.1 Å². The Morgan fingerprint density at radius 1 is 1.00 bits per heavy atom. The van der Waals surface area contributed by atoms with Crippen molar-refractivity contribution in [2.45, 2.75) is 38.6 Å². The molecule has 116 valence electrons. The van der Waals surface area contributed by atoms with E-state index in [-0.39, 0.29) is 0 Å². The Morgan fingerprint density at radius 2 is 1.73 bits per heavy atom. The van der Waals surface area contributed by atoms with E-state index in [2.05, 4.69) is 54.3 Å². The van der Waals surface area contributed by atoms with E-state index in [1.807, 2.05) is 6.07 Å². The first-order valence-corrected chi connectivity index (χ1v) is 8.41. The minimum Gasteiger partial charge on any atom is -0.399 e. The molecular formula is C20H26N2. The topological polar surface area (TPSA) is 29.3 Å². The molecule has 2 nitrogen and oxygen atoms in total. The molecule has 0 unspecified atom stereocenters. The van der Waals surface area contributed by atoms with Gasteiger partial charge in [-0.3, -0.25) is 4.90 Å². The summed E-state index contributed by atoms with van der Waals surface area (Å²) in [7, 11) is 0. The van der Waals surface area contributed by atoms with Crippen molar-refractivity contribution in [3.05, 3.63) is 65.2 Å². The molecule has 2 N–H and O–H groups in total. The fraction of sp³-hybridized carbons (Fsp3) is 0.400.